The first-order chi connectivity index (χ1) is 9.04. The number of nitrogens with one attached hydrogen (secondary N) is 1. The molecule has 0 bridgehead atoms. The molecule has 2 amide bonds. The molecule has 5 nitrogen and oxygen atoms in total. The van der Waals surface area contributed by atoms with Crippen LogP contribution in [0.3, 0.4) is 0 Å². The van der Waals surface area contributed by atoms with Crippen molar-refractivity contribution in [1.29, 1.82) is 0 Å². The number of hydrogen-bond donors (Lipinski definition) is 2. The van der Waals surface area contributed by atoms with Crippen LogP contribution < -0.4 is 5.32 Å². The number of aromatic hydroxyl groups is 1. The molecule has 1 unspecified atom stereocenters. The zero-order chi connectivity index (χ0) is 14.0. The van der Waals surface area contributed by atoms with Crippen LogP contribution in [0.5, 0.6) is 5.75 Å². The van der Waals surface area contributed by atoms with Crippen molar-refractivity contribution in [3.05, 3.63) is 29.6 Å². The Morgan fingerprint density at radius 3 is 2.89 bits per heavy atom. The fraction of sp³-hybridized carbons (Fsp3) is 0.385. The van der Waals surface area contributed by atoms with Crippen molar-refractivity contribution in [2.45, 2.75) is 18.9 Å². The maximum Gasteiger partial charge on any atom is 0.258 e. The number of likely N-dealkylation sites (tertiary alicyclic amines) is 1. The standard InChI is InChI=1S/C13H15FN2O3/c1-15-12(18)10-3-2-6-16(10)13(19)9-7-8(14)4-5-11(9)17/h4-5,7,10,17H,2-3,6H2,1H3,(H,15,18). The van der Waals surface area contributed by atoms with Gasteiger partial charge in [-0.05, 0) is 31.0 Å². The first-order valence-electron chi connectivity index (χ1n) is 6.05. The topological polar surface area (TPSA) is 69.6 Å². The molecule has 6 heteroatoms. The van der Waals surface area contributed by atoms with Gasteiger partial charge in [0, 0.05) is 13.6 Å². The van der Waals surface area contributed by atoms with Gasteiger partial charge in [0.25, 0.3) is 5.91 Å². The summed E-state index contributed by atoms with van der Waals surface area (Å²) in [5.41, 5.74) is -0.115. The Bertz CT molecular complexity index is 519. The van der Waals surface area contributed by atoms with Crippen LogP contribution in [0.2, 0.25) is 0 Å². The number of carbonyl (C=O) groups excluding carboxylic acids is 2. The molecule has 19 heavy (non-hydrogen) atoms. The minimum Gasteiger partial charge on any atom is -0.507 e. The number of rotatable bonds is 2. The molecule has 0 aromatic heterocycles. The molecular formula is C13H15FN2O3. The summed E-state index contributed by atoms with van der Waals surface area (Å²) in [5.74, 6) is -1.66. The molecule has 0 aliphatic carbocycles. The number of nitrogens with zero attached hydrogens (tertiary/aromatic N) is 1. The number of halogens is 1. The number of amides is 2. The molecule has 1 fully saturated rings. The van der Waals surface area contributed by atoms with Crippen LogP contribution in [-0.4, -0.2) is 41.5 Å². The zero-order valence-electron chi connectivity index (χ0n) is 10.5. The van der Waals surface area contributed by atoms with E-state index in [1.807, 2.05) is 0 Å². The van der Waals surface area contributed by atoms with Crippen LogP contribution in [0.15, 0.2) is 18.2 Å². The molecule has 1 aliphatic rings. The van der Waals surface area contributed by atoms with Crippen LogP contribution >= 0.6 is 0 Å². The van der Waals surface area contributed by atoms with E-state index in [9.17, 15) is 19.1 Å². The van der Waals surface area contributed by atoms with Crippen LogP contribution in [0.4, 0.5) is 4.39 Å². The lowest BCUT2D eigenvalue weighted by Crippen LogP contribution is -2.44. The van der Waals surface area contributed by atoms with Crippen molar-refractivity contribution in [2.24, 2.45) is 0 Å². The minimum atomic E-state index is -0.600. The second kappa shape index (κ2) is 5.26. The largest absolute Gasteiger partial charge is 0.507 e. The molecule has 0 spiro atoms. The predicted octanol–water partition coefficient (Wildman–Crippen LogP) is 0.882. The summed E-state index contributed by atoms with van der Waals surface area (Å²) in [6.07, 6.45) is 1.28. The highest BCUT2D eigenvalue weighted by Gasteiger charge is 2.34. The number of hydrogen-bond acceptors (Lipinski definition) is 3. The first kappa shape index (κ1) is 13.3. The average Bonchev–Trinajstić information content (AvgIpc) is 2.89. The molecule has 102 valence electrons. The van der Waals surface area contributed by atoms with Gasteiger partial charge in [-0.2, -0.15) is 0 Å². The van der Waals surface area contributed by atoms with E-state index in [2.05, 4.69) is 5.32 Å². The van der Waals surface area contributed by atoms with Crippen molar-refractivity contribution >= 4 is 11.8 Å². The summed E-state index contributed by atoms with van der Waals surface area (Å²) in [7, 11) is 1.50. The summed E-state index contributed by atoms with van der Waals surface area (Å²) < 4.78 is 13.2. The highest BCUT2D eigenvalue weighted by molar-refractivity contribution is 5.99. The lowest BCUT2D eigenvalue weighted by molar-refractivity contribution is -0.124. The highest BCUT2D eigenvalue weighted by Crippen LogP contribution is 2.25. The number of carbonyl (C=O) groups is 2. The van der Waals surface area contributed by atoms with Gasteiger partial charge in [-0.1, -0.05) is 0 Å². The van der Waals surface area contributed by atoms with Gasteiger partial charge in [-0.15, -0.1) is 0 Å². The van der Waals surface area contributed by atoms with E-state index in [-0.39, 0.29) is 17.2 Å². The van der Waals surface area contributed by atoms with Gasteiger partial charge < -0.3 is 15.3 Å². The van der Waals surface area contributed by atoms with Gasteiger partial charge in [0.15, 0.2) is 0 Å². The Morgan fingerprint density at radius 2 is 2.21 bits per heavy atom. The number of benzene rings is 1. The molecule has 1 aliphatic heterocycles. The maximum absolute atomic E-state index is 13.2. The minimum absolute atomic E-state index is 0.115. The van der Waals surface area contributed by atoms with E-state index in [1.54, 1.807) is 0 Å². The van der Waals surface area contributed by atoms with Gasteiger partial charge in [0.05, 0.1) is 5.56 Å². The fourth-order valence-electron chi connectivity index (χ4n) is 2.28. The van der Waals surface area contributed by atoms with Gasteiger partial charge in [0.2, 0.25) is 5.91 Å². The summed E-state index contributed by atoms with van der Waals surface area (Å²) in [6, 6.07) is 2.64. The maximum atomic E-state index is 13.2. The number of phenols is 1. The van der Waals surface area contributed by atoms with E-state index in [4.69, 9.17) is 0 Å². The molecule has 2 N–H and O–H groups in total. The van der Waals surface area contributed by atoms with Crippen molar-refractivity contribution < 1.29 is 19.1 Å². The Hall–Kier alpha value is -2.11. The van der Waals surface area contributed by atoms with E-state index in [1.165, 1.54) is 11.9 Å². The van der Waals surface area contributed by atoms with Gasteiger partial charge in [0.1, 0.15) is 17.6 Å². The number of likely N-dealkylation sites (N-methyl/N-ethyl adjacent to an activating group) is 1. The molecule has 0 radical (unpaired) electrons. The summed E-state index contributed by atoms with van der Waals surface area (Å²) in [6.45, 7) is 0.423. The lowest BCUT2D eigenvalue weighted by atomic mass is 10.1. The first-order valence-corrected chi connectivity index (χ1v) is 6.05. The zero-order valence-corrected chi connectivity index (χ0v) is 10.5. The fourth-order valence-corrected chi connectivity index (χ4v) is 2.28. The Morgan fingerprint density at radius 1 is 1.47 bits per heavy atom. The molecule has 1 atom stereocenters. The molecule has 2 rings (SSSR count). The molecule has 1 aromatic carbocycles. The van der Waals surface area contributed by atoms with Gasteiger partial charge >= 0.3 is 0 Å². The monoisotopic (exact) mass is 266 g/mol. The van der Waals surface area contributed by atoms with Gasteiger partial charge in [-0.25, -0.2) is 4.39 Å². The Balaban J connectivity index is 2.28. The highest BCUT2D eigenvalue weighted by atomic mass is 19.1. The van der Waals surface area contributed by atoms with Crippen LogP contribution in [0.25, 0.3) is 0 Å². The van der Waals surface area contributed by atoms with Crippen LogP contribution in [0, 0.1) is 5.82 Å². The van der Waals surface area contributed by atoms with Crippen LogP contribution in [-0.2, 0) is 4.79 Å². The lowest BCUT2D eigenvalue weighted by Gasteiger charge is -2.23. The Labute approximate surface area is 110 Å². The van der Waals surface area contributed by atoms with Crippen molar-refractivity contribution in [3.8, 4) is 5.75 Å². The third-order valence-corrected chi connectivity index (χ3v) is 3.25. The summed E-state index contributed by atoms with van der Waals surface area (Å²) in [5, 5.41) is 12.1. The van der Waals surface area contributed by atoms with Gasteiger partial charge in [-0.3, -0.25) is 9.59 Å². The van der Waals surface area contributed by atoms with Crippen molar-refractivity contribution in [1.82, 2.24) is 10.2 Å². The Kier molecular flexibility index (Phi) is 3.69. The smallest absolute Gasteiger partial charge is 0.258 e. The van der Waals surface area contributed by atoms with Crippen LogP contribution in [0.1, 0.15) is 23.2 Å². The molecule has 0 saturated carbocycles. The SMILES string of the molecule is CNC(=O)C1CCCN1C(=O)c1cc(F)ccc1O. The second-order valence-electron chi connectivity index (χ2n) is 4.43. The average molecular weight is 266 g/mol. The van der Waals surface area contributed by atoms with E-state index < -0.39 is 17.8 Å². The molecule has 1 aromatic rings. The third kappa shape index (κ3) is 2.52. The molecular weight excluding hydrogens is 251 g/mol. The summed E-state index contributed by atoms with van der Waals surface area (Å²) >= 11 is 0. The number of phenolic OH excluding ortho intramolecular Hbond substituents is 1. The van der Waals surface area contributed by atoms with E-state index in [0.29, 0.717) is 19.4 Å². The second-order valence-corrected chi connectivity index (χ2v) is 4.43. The predicted molar refractivity (Wildman–Crippen MR) is 66.2 cm³/mol. The van der Waals surface area contributed by atoms with Crippen molar-refractivity contribution in [2.75, 3.05) is 13.6 Å². The molecule has 1 saturated heterocycles. The third-order valence-electron chi connectivity index (χ3n) is 3.25. The quantitative estimate of drug-likeness (QED) is 0.835. The van der Waals surface area contributed by atoms with E-state index >= 15 is 0 Å². The van der Waals surface area contributed by atoms with E-state index in [0.717, 1.165) is 18.2 Å². The van der Waals surface area contributed by atoms with Crippen molar-refractivity contribution in [3.63, 3.8) is 0 Å². The molecule has 1 heterocycles. The normalized spacial score (nSPS) is 18.4. The summed E-state index contributed by atoms with van der Waals surface area (Å²) in [4.78, 5) is 25.3.